The molecule has 1 aliphatic rings. The number of benzene rings is 1. The Balaban J connectivity index is 1.59. The maximum atomic E-state index is 12.5. The lowest BCUT2D eigenvalue weighted by atomic mass is 10.0. The lowest BCUT2D eigenvalue weighted by Crippen LogP contribution is -2.50. The number of carbonyl (C=O) groups is 1. The van der Waals surface area contributed by atoms with Crippen LogP contribution in [-0.2, 0) is 16.0 Å². The first-order chi connectivity index (χ1) is 12.4. The highest BCUT2D eigenvalue weighted by molar-refractivity contribution is 5.76. The van der Waals surface area contributed by atoms with Gasteiger partial charge in [0.25, 0.3) is 0 Å². The predicted octanol–water partition coefficient (Wildman–Crippen LogP) is 3.43. The first kappa shape index (κ1) is 18.6. The van der Waals surface area contributed by atoms with Crippen LogP contribution in [0.15, 0.2) is 28.8 Å². The first-order valence-electron chi connectivity index (χ1n) is 9.28. The summed E-state index contributed by atoms with van der Waals surface area (Å²) in [6.07, 6.45) is 0.901. The van der Waals surface area contributed by atoms with Gasteiger partial charge >= 0.3 is 0 Å². The fourth-order valence-corrected chi connectivity index (χ4v) is 3.10. The molecule has 0 spiro atoms. The Labute approximate surface area is 154 Å². The highest BCUT2D eigenvalue weighted by atomic mass is 16.5. The van der Waals surface area contributed by atoms with Crippen LogP contribution in [-0.4, -0.2) is 46.2 Å². The summed E-state index contributed by atoms with van der Waals surface area (Å²) in [5.41, 5.74) is 2.20. The van der Waals surface area contributed by atoms with Crippen molar-refractivity contribution in [2.45, 2.75) is 58.6 Å². The van der Waals surface area contributed by atoms with E-state index >= 15 is 0 Å². The zero-order valence-electron chi connectivity index (χ0n) is 15.9. The minimum Gasteiger partial charge on any atom is -0.375 e. The monoisotopic (exact) mass is 357 g/mol. The molecule has 2 atom stereocenters. The van der Waals surface area contributed by atoms with Gasteiger partial charge in [-0.3, -0.25) is 4.79 Å². The van der Waals surface area contributed by atoms with Crippen LogP contribution in [0.25, 0.3) is 11.4 Å². The molecule has 6 nitrogen and oxygen atoms in total. The van der Waals surface area contributed by atoms with E-state index in [1.165, 1.54) is 5.56 Å². The van der Waals surface area contributed by atoms with Gasteiger partial charge in [-0.15, -0.1) is 0 Å². The van der Waals surface area contributed by atoms with Crippen LogP contribution in [0.4, 0.5) is 0 Å². The number of ether oxygens (including phenoxy) is 1. The second kappa shape index (κ2) is 7.99. The minimum atomic E-state index is 0.0824. The van der Waals surface area contributed by atoms with Gasteiger partial charge in [-0.25, -0.2) is 0 Å². The Morgan fingerprint density at radius 3 is 2.69 bits per heavy atom. The summed E-state index contributed by atoms with van der Waals surface area (Å²) >= 11 is 0. The van der Waals surface area contributed by atoms with Crippen LogP contribution in [0.5, 0.6) is 0 Å². The predicted molar refractivity (Wildman–Crippen MR) is 98.7 cm³/mol. The molecule has 6 heteroatoms. The molecule has 0 N–H and O–H groups in total. The van der Waals surface area contributed by atoms with Crippen molar-refractivity contribution in [1.82, 2.24) is 15.0 Å². The summed E-state index contributed by atoms with van der Waals surface area (Å²) in [7, 11) is 0. The minimum absolute atomic E-state index is 0.0824. The summed E-state index contributed by atoms with van der Waals surface area (Å²) in [4.78, 5) is 18.8. The Kier molecular flexibility index (Phi) is 5.71. The maximum Gasteiger partial charge on any atom is 0.227 e. The van der Waals surface area contributed by atoms with E-state index in [9.17, 15) is 4.79 Å². The summed E-state index contributed by atoms with van der Waals surface area (Å²) in [6.45, 7) is 9.54. The molecule has 1 saturated heterocycles. The Morgan fingerprint density at radius 1 is 1.27 bits per heavy atom. The smallest absolute Gasteiger partial charge is 0.227 e. The molecule has 0 bridgehead atoms. The van der Waals surface area contributed by atoms with E-state index in [0.717, 1.165) is 5.56 Å². The summed E-state index contributed by atoms with van der Waals surface area (Å²) < 4.78 is 10.9. The van der Waals surface area contributed by atoms with Crippen molar-refractivity contribution in [2.75, 3.05) is 13.2 Å². The average Bonchev–Trinajstić information content (AvgIpc) is 3.11. The third-order valence-electron chi connectivity index (χ3n) is 4.78. The van der Waals surface area contributed by atoms with E-state index in [4.69, 9.17) is 9.26 Å². The normalized spacial score (nSPS) is 20.6. The molecule has 2 unspecified atom stereocenters. The summed E-state index contributed by atoms with van der Waals surface area (Å²) in [5, 5.41) is 4.05. The summed E-state index contributed by atoms with van der Waals surface area (Å²) in [5.74, 6) is 1.65. The van der Waals surface area contributed by atoms with Gasteiger partial charge in [-0.1, -0.05) is 43.3 Å². The molecule has 1 fully saturated rings. The van der Waals surface area contributed by atoms with Crippen LogP contribution in [0.1, 0.15) is 51.5 Å². The van der Waals surface area contributed by atoms with Crippen molar-refractivity contribution < 1.29 is 14.1 Å². The lowest BCUT2D eigenvalue weighted by Gasteiger charge is -2.36. The lowest BCUT2D eigenvalue weighted by molar-refractivity contribution is -0.143. The van der Waals surface area contributed by atoms with E-state index in [-0.39, 0.29) is 18.1 Å². The zero-order valence-corrected chi connectivity index (χ0v) is 15.9. The van der Waals surface area contributed by atoms with Gasteiger partial charge in [-0.05, 0) is 25.3 Å². The first-order valence-corrected chi connectivity index (χ1v) is 9.28. The third kappa shape index (κ3) is 4.30. The van der Waals surface area contributed by atoms with Crippen LogP contribution in [0.3, 0.4) is 0 Å². The van der Waals surface area contributed by atoms with E-state index < -0.39 is 0 Å². The van der Waals surface area contributed by atoms with Crippen molar-refractivity contribution in [3.8, 4) is 11.4 Å². The zero-order chi connectivity index (χ0) is 18.7. The van der Waals surface area contributed by atoms with Gasteiger partial charge in [-0.2, -0.15) is 4.98 Å². The van der Waals surface area contributed by atoms with E-state index in [1.807, 2.05) is 30.9 Å². The number of morpholine rings is 1. The molecule has 0 aliphatic carbocycles. The topological polar surface area (TPSA) is 68.5 Å². The molecule has 1 aromatic heterocycles. The summed E-state index contributed by atoms with van der Waals surface area (Å²) in [6, 6.07) is 8.29. The molecular weight excluding hydrogens is 330 g/mol. The van der Waals surface area contributed by atoms with Gasteiger partial charge in [0.2, 0.25) is 17.6 Å². The van der Waals surface area contributed by atoms with Crippen molar-refractivity contribution >= 4 is 5.91 Å². The van der Waals surface area contributed by atoms with Crippen LogP contribution < -0.4 is 0 Å². The maximum absolute atomic E-state index is 12.5. The Morgan fingerprint density at radius 2 is 2.00 bits per heavy atom. The van der Waals surface area contributed by atoms with Crippen LogP contribution >= 0.6 is 0 Å². The standard InChI is InChI=1S/C20H27N3O3/c1-13(2)16-5-7-17(8-6-16)20-21-18(26-22-20)9-10-19(24)23-11-15(4)25-12-14(23)3/h5-8,13-15H,9-12H2,1-4H3. The van der Waals surface area contributed by atoms with Crippen molar-refractivity contribution in [2.24, 2.45) is 0 Å². The molecular formula is C20H27N3O3. The number of hydrogen-bond acceptors (Lipinski definition) is 5. The molecule has 0 radical (unpaired) electrons. The highest BCUT2D eigenvalue weighted by Gasteiger charge is 2.27. The number of aryl methyl sites for hydroxylation is 1. The molecule has 140 valence electrons. The molecule has 1 aromatic carbocycles. The van der Waals surface area contributed by atoms with E-state index in [1.54, 1.807) is 0 Å². The fourth-order valence-electron chi connectivity index (χ4n) is 3.10. The number of amides is 1. The average molecular weight is 357 g/mol. The molecule has 26 heavy (non-hydrogen) atoms. The largest absolute Gasteiger partial charge is 0.375 e. The van der Waals surface area contributed by atoms with Gasteiger partial charge < -0.3 is 14.2 Å². The molecule has 3 rings (SSSR count). The van der Waals surface area contributed by atoms with Gasteiger partial charge in [0.15, 0.2) is 0 Å². The molecule has 1 amide bonds. The highest BCUT2D eigenvalue weighted by Crippen LogP contribution is 2.21. The van der Waals surface area contributed by atoms with E-state index in [0.29, 0.717) is 43.6 Å². The number of nitrogens with zero attached hydrogens (tertiary/aromatic N) is 3. The SMILES string of the molecule is CC1CN(C(=O)CCc2nc(-c3ccc(C(C)C)cc3)no2)C(C)CO1. The number of carbonyl (C=O) groups excluding carboxylic acids is 1. The quantitative estimate of drug-likeness (QED) is 0.820. The Hall–Kier alpha value is -2.21. The van der Waals surface area contributed by atoms with Crippen molar-refractivity contribution in [3.05, 3.63) is 35.7 Å². The third-order valence-corrected chi connectivity index (χ3v) is 4.78. The number of hydrogen-bond donors (Lipinski definition) is 0. The van der Waals surface area contributed by atoms with Crippen LogP contribution in [0.2, 0.25) is 0 Å². The molecule has 2 heterocycles. The van der Waals surface area contributed by atoms with Gasteiger partial charge in [0.1, 0.15) is 0 Å². The van der Waals surface area contributed by atoms with Crippen LogP contribution in [0, 0.1) is 0 Å². The second-order valence-corrected chi connectivity index (χ2v) is 7.33. The molecule has 1 aliphatic heterocycles. The number of rotatable bonds is 5. The number of aromatic nitrogens is 2. The van der Waals surface area contributed by atoms with Gasteiger partial charge in [0, 0.05) is 24.9 Å². The Bertz CT molecular complexity index is 739. The van der Waals surface area contributed by atoms with Crippen molar-refractivity contribution in [1.29, 1.82) is 0 Å². The van der Waals surface area contributed by atoms with Crippen molar-refractivity contribution in [3.63, 3.8) is 0 Å². The second-order valence-electron chi connectivity index (χ2n) is 7.33. The van der Waals surface area contributed by atoms with Gasteiger partial charge in [0.05, 0.1) is 18.8 Å². The molecule has 2 aromatic rings. The van der Waals surface area contributed by atoms with E-state index in [2.05, 4.69) is 36.1 Å². The molecule has 0 saturated carbocycles. The fraction of sp³-hybridized carbons (Fsp3) is 0.550.